The van der Waals surface area contributed by atoms with Crippen LogP contribution in [-0.4, -0.2) is 51.2 Å². The monoisotopic (exact) mass is 325 g/mol. The summed E-state index contributed by atoms with van der Waals surface area (Å²) in [7, 11) is 0. The number of nitrogens with zero attached hydrogens (tertiary/aromatic N) is 3. The van der Waals surface area contributed by atoms with E-state index in [9.17, 15) is 9.90 Å². The molecular formula is C15H23N3O5. The lowest BCUT2D eigenvalue weighted by atomic mass is 9.94. The lowest BCUT2D eigenvalue weighted by Gasteiger charge is -2.45. The first-order valence-corrected chi connectivity index (χ1v) is 8.21. The summed E-state index contributed by atoms with van der Waals surface area (Å²) in [6, 6.07) is 0. The Hall–Kier alpha value is -1.51. The van der Waals surface area contributed by atoms with E-state index in [1.54, 1.807) is 17.8 Å². The smallest absolute Gasteiger partial charge is 0.360 e. The van der Waals surface area contributed by atoms with E-state index in [0.29, 0.717) is 6.61 Å². The fraction of sp³-hybridized carbons (Fsp3) is 0.800. The van der Waals surface area contributed by atoms with Crippen LogP contribution in [0.1, 0.15) is 62.2 Å². The van der Waals surface area contributed by atoms with Crippen LogP contribution in [0.25, 0.3) is 0 Å². The van der Waals surface area contributed by atoms with E-state index in [1.165, 1.54) is 0 Å². The van der Waals surface area contributed by atoms with Crippen LogP contribution in [0.15, 0.2) is 6.20 Å². The van der Waals surface area contributed by atoms with Crippen molar-refractivity contribution < 1.29 is 24.1 Å². The molecule has 0 amide bonds. The van der Waals surface area contributed by atoms with Crippen molar-refractivity contribution in [2.45, 2.75) is 63.6 Å². The van der Waals surface area contributed by atoms with Gasteiger partial charge in [0.15, 0.2) is 17.7 Å². The van der Waals surface area contributed by atoms with Crippen molar-refractivity contribution in [3.63, 3.8) is 0 Å². The lowest BCUT2D eigenvalue weighted by Crippen LogP contribution is -2.47. The molecule has 0 saturated carbocycles. The maximum absolute atomic E-state index is 11.7. The van der Waals surface area contributed by atoms with E-state index in [-0.39, 0.29) is 24.6 Å². The van der Waals surface area contributed by atoms with Crippen LogP contribution in [0.4, 0.5) is 0 Å². The number of aromatic nitrogens is 3. The van der Waals surface area contributed by atoms with Gasteiger partial charge in [0, 0.05) is 12.8 Å². The number of ether oxygens (including phenoxy) is 3. The van der Waals surface area contributed by atoms with E-state index >= 15 is 0 Å². The molecule has 3 atom stereocenters. The Morgan fingerprint density at radius 2 is 2.22 bits per heavy atom. The normalized spacial score (nSPS) is 31.2. The molecule has 8 nitrogen and oxygen atoms in total. The highest BCUT2D eigenvalue weighted by Crippen LogP contribution is 2.41. The first-order chi connectivity index (χ1) is 11.2. The highest BCUT2D eigenvalue weighted by molar-refractivity contribution is 5.86. The van der Waals surface area contributed by atoms with Gasteiger partial charge in [-0.1, -0.05) is 5.21 Å². The molecule has 1 aromatic heterocycles. The van der Waals surface area contributed by atoms with Gasteiger partial charge in [-0.2, -0.15) is 0 Å². The number of carbonyl (C=O) groups excluding carboxylic acids is 1. The number of carbonyl (C=O) groups is 1. The van der Waals surface area contributed by atoms with Crippen molar-refractivity contribution in [2.75, 3.05) is 13.2 Å². The van der Waals surface area contributed by atoms with Crippen LogP contribution in [0.5, 0.6) is 0 Å². The van der Waals surface area contributed by atoms with Gasteiger partial charge in [0.25, 0.3) is 0 Å². The SMILES string of the molecule is CCOC(=O)c1cn([C@H]2CCCC3(CCC[C@H](CO)O3)O2)nn1. The van der Waals surface area contributed by atoms with Crippen molar-refractivity contribution in [3.8, 4) is 0 Å². The second-order valence-electron chi connectivity index (χ2n) is 5.99. The molecule has 1 N–H and O–H groups in total. The highest BCUT2D eigenvalue weighted by Gasteiger charge is 2.43. The van der Waals surface area contributed by atoms with Gasteiger partial charge in [-0.15, -0.1) is 5.10 Å². The zero-order valence-corrected chi connectivity index (χ0v) is 13.3. The summed E-state index contributed by atoms with van der Waals surface area (Å²) >= 11 is 0. The molecule has 128 valence electrons. The number of rotatable bonds is 4. The van der Waals surface area contributed by atoms with Crippen LogP contribution in [0, 0.1) is 0 Å². The molecule has 23 heavy (non-hydrogen) atoms. The number of esters is 1. The van der Waals surface area contributed by atoms with Gasteiger partial charge in [0.05, 0.1) is 25.5 Å². The Morgan fingerprint density at radius 3 is 2.96 bits per heavy atom. The highest BCUT2D eigenvalue weighted by atomic mass is 16.7. The maximum Gasteiger partial charge on any atom is 0.360 e. The third-order valence-electron chi connectivity index (χ3n) is 4.32. The summed E-state index contributed by atoms with van der Waals surface area (Å²) in [6.45, 7) is 2.05. The quantitative estimate of drug-likeness (QED) is 0.836. The Labute approximate surface area is 134 Å². The first kappa shape index (κ1) is 16.4. The zero-order valence-electron chi connectivity index (χ0n) is 13.3. The Morgan fingerprint density at radius 1 is 1.43 bits per heavy atom. The van der Waals surface area contributed by atoms with Crippen molar-refractivity contribution >= 4 is 5.97 Å². The van der Waals surface area contributed by atoms with Crippen LogP contribution in [0.2, 0.25) is 0 Å². The van der Waals surface area contributed by atoms with Crippen LogP contribution in [0.3, 0.4) is 0 Å². The molecule has 2 fully saturated rings. The van der Waals surface area contributed by atoms with Gasteiger partial charge in [-0.3, -0.25) is 0 Å². The predicted molar refractivity (Wildman–Crippen MR) is 78.5 cm³/mol. The predicted octanol–water partition coefficient (Wildman–Crippen LogP) is 1.41. The summed E-state index contributed by atoms with van der Waals surface area (Å²) in [6.07, 6.45) is 6.18. The molecule has 0 radical (unpaired) electrons. The van der Waals surface area contributed by atoms with Gasteiger partial charge in [-0.05, 0) is 32.6 Å². The minimum absolute atomic E-state index is 0.00606. The van der Waals surface area contributed by atoms with Gasteiger partial charge < -0.3 is 19.3 Å². The number of aliphatic hydroxyl groups is 1. The van der Waals surface area contributed by atoms with Crippen molar-refractivity contribution in [3.05, 3.63) is 11.9 Å². The molecule has 8 heteroatoms. The molecule has 1 aromatic rings. The second kappa shape index (κ2) is 6.94. The third-order valence-corrected chi connectivity index (χ3v) is 4.32. The Balaban J connectivity index is 1.70. The minimum atomic E-state index is -0.662. The summed E-state index contributed by atoms with van der Waals surface area (Å²) < 4.78 is 18.6. The third kappa shape index (κ3) is 3.54. The average Bonchev–Trinajstić information content (AvgIpc) is 3.05. The molecule has 3 rings (SSSR count). The van der Waals surface area contributed by atoms with E-state index in [4.69, 9.17) is 14.2 Å². The largest absolute Gasteiger partial charge is 0.461 e. The maximum atomic E-state index is 11.7. The van der Waals surface area contributed by atoms with Crippen LogP contribution >= 0.6 is 0 Å². The molecule has 0 aliphatic carbocycles. The summed E-state index contributed by atoms with van der Waals surface area (Å²) in [5.41, 5.74) is 0.174. The molecule has 1 spiro atoms. The van der Waals surface area contributed by atoms with Crippen molar-refractivity contribution in [2.24, 2.45) is 0 Å². The fourth-order valence-electron chi connectivity index (χ4n) is 3.23. The number of hydrogen-bond donors (Lipinski definition) is 1. The van der Waals surface area contributed by atoms with Gasteiger partial charge in [0.2, 0.25) is 0 Å². The number of hydrogen-bond acceptors (Lipinski definition) is 7. The van der Waals surface area contributed by atoms with E-state index in [2.05, 4.69) is 10.3 Å². The van der Waals surface area contributed by atoms with Gasteiger partial charge in [0.1, 0.15) is 0 Å². The average molecular weight is 325 g/mol. The van der Waals surface area contributed by atoms with E-state index in [1.807, 2.05) is 0 Å². The first-order valence-electron chi connectivity index (χ1n) is 8.21. The van der Waals surface area contributed by atoms with E-state index < -0.39 is 11.8 Å². The molecule has 0 bridgehead atoms. The van der Waals surface area contributed by atoms with Crippen molar-refractivity contribution in [1.82, 2.24) is 15.0 Å². The Bertz CT molecular complexity index is 545. The molecule has 2 saturated heterocycles. The van der Waals surface area contributed by atoms with Crippen LogP contribution in [-0.2, 0) is 14.2 Å². The van der Waals surface area contributed by atoms with Crippen LogP contribution < -0.4 is 0 Å². The molecule has 1 unspecified atom stereocenters. The standard InChI is InChI=1S/C15H23N3O5/c1-2-21-14(20)12-9-18(17-16-12)13-6-4-8-15(23-13)7-3-5-11(10-19)22-15/h9,11,13,19H,2-8,10H2,1H3/t11-,13-,15?/m1/s1. The van der Waals surface area contributed by atoms with Gasteiger partial charge in [-0.25, -0.2) is 9.48 Å². The summed E-state index contributed by atoms with van der Waals surface area (Å²) in [4.78, 5) is 11.7. The lowest BCUT2D eigenvalue weighted by molar-refractivity contribution is -0.332. The molecule has 3 heterocycles. The minimum Gasteiger partial charge on any atom is -0.461 e. The molecular weight excluding hydrogens is 302 g/mol. The molecule has 2 aliphatic heterocycles. The zero-order chi connectivity index (χ0) is 16.3. The molecule has 0 aromatic carbocycles. The topological polar surface area (TPSA) is 95.7 Å². The summed E-state index contributed by atoms with van der Waals surface area (Å²) in [5.74, 6) is -1.15. The van der Waals surface area contributed by atoms with E-state index in [0.717, 1.165) is 38.5 Å². The molecule has 2 aliphatic rings. The summed E-state index contributed by atoms with van der Waals surface area (Å²) in [5, 5.41) is 17.2. The Kier molecular flexibility index (Phi) is 4.93. The second-order valence-corrected chi connectivity index (χ2v) is 5.99. The fourth-order valence-corrected chi connectivity index (χ4v) is 3.23. The van der Waals surface area contributed by atoms with Gasteiger partial charge >= 0.3 is 5.97 Å². The van der Waals surface area contributed by atoms with Crippen molar-refractivity contribution in [1.29, 1.82) is 0 Å². The number of aliphatic hydroxyl groups excluding tert-OH is 1.